The number of fused-ring (bicyclic) bond motifs is 5. The summed E-state index contributed by atoms with van der Waals surface area (Å²) in [7, 11) is 1.56. The van der Waals surface area contributed by atoms with Crippen molar-refractivity contribution in [3.8, 4) is 5.75 Å². The molecule has 3 amide bonds. The Morgan fingerprint density at radius 1 is 0.868 bits per heavy atom. The van der Waals surface area contributed by atoms with E-state index in [0.717, 1.165) is 11.1 Å². The van der Waals surface area contributed by atoms with Crippen LogP contribution in [0, 0.1) is 11.8 Å². The molecule has 4 atom stereocenters. The lowest BCUT2D eigenvalue weighted by Crippen LogP contribution is -2.46. The second-order valence-corrected chi connectivity index (χ2v) is 9.67. The maximum atomic E-state index is 13.9. The summed E-state index contributed by atoms with van der Waals surface area (Å²) >= 11 is 0. The van der Waals surface area contributed by atoms with Gasteiger partial charge in [-0.2, -0.15) is 0 Å². The first kappa shape index (κ1) is 23.7. The summed E-state index contributed by atoms with van der Waals surface area (Å²) in [5, 5.41) is 2.93. The van der Waals surface area contributed by atoms with Gasteiger partial charge in [-0.1, -0.05) is 24.3 Å². The molecule has 0 aromatic heterocycles. The highest BCUT2D eigenvalue weighted by atomic mass is 16.5. The largest absolute Gasteiger partial charge is 0.497 e. The number of ether oxygens (including phenoxy) is 1. The molecule has 3 heterocycles. The molecule has 6 rings (SSSR count). The first-order chi connectivity index (χ1) is 18.4. The van der Waals surface area contributed by atoms with Crippen LogP contribution in [-0.4, -0.2) is 41.6 Å². The maximum absolute atomic E-state index is 13.9. The van der Waals surface area contributed by atoms with E-state index >= 15 is 0 Å². The molecule has 0 spiro atoms. The lowest BCUT2D eigenvalue weighted by Gasteiger charge is -2.35. The van der Waals surface area contributed by atoms with Crippen molar-refractivity contribution in [3.63, 3.8) is 0 Å². The van der Waals surface area contributed by atoms with Crippen molar-refractivity contribution in [2.45, 2.75) is 19.0 Å². The van der Waals surface area contributed by atoms with Crippen molar-refractivity contribution in [2.24, 2.45) is 11.8 Å². The second kappa shape index (κ2) is 8.99. The van der Waals surface area contributed by atoms with Crippen LogP contribution in [0.15, 0.2) is 79.0 Å². The fourth-order valence-corrected chi connectivity index (χ4v) is 5.85. The predicted molar refractivity (Wildman–Crippen MR) is 141 cm³/mol. The molecule has 2 saturated heterocycles. The Morgan fingerprint density at radius 3 is 2.24 bits per heavy atom. The van der Waals surface area contributed by atoms with Gasteiger partial charge < -0.3 is 15.0 Å². The average Bonchev–Trinajstić information content (AvgIpc) is 3.41. The molecular formula is C30H25N3O5. The molecule has 1 N–H and O–H groups in total. The molecule has 0 radical (unpaired) electrons. The molecule has 0 saturated carbocycles. The molecule has 2 fully saturated rings. The lowest BCUT2D eigenvalue weighted by molar-refractivity contribution is -0.128. The summed E-state index contributed by atoms with van der Waals surface area (Å²) in [6.07, 6.45) is 3.73. The van der Waals surface area contributed by atoms with Crippen LogP contribution in [0.4, 0.5) is 11.4 Å². The molecular weight excluding hydrogens is 482 g/mol. The zero-order valence-corrected chi connectivity index (χ0v) is 20.8. The topological polar surface area (TPSA) is 96.0 Å². The third-order valence-electron chi connectivity index (χ3n) is 7.62. The highest BCUT2D eigenvalue weighted by Gasteiger charge is 2.64. The second-order valence-electron chi connectivity index (χ2n) is 9.67. The molecule has 0 aliphatic carbocycles. The summed E-state index contributed by atoms with van der Waals surface area (Å²) in [4.78, 5) is 56.3. The maximum Gasteiger partial charge on any atom is 0.247 e. The fourth-order valence-electron chi connectivity index (χ4n) is 5.85. The molecule has 8 heteroatoms. The molecule has 3 aromatic rings. The molecule has 8 nitrogen and oxygen atoms in total. The van der Waals surface area contributed by atoms with Gasteiger partial charge in [0.2, 0.25) is 17.7 Å². The normalized spacial score (nSPS) is 23.1. The Kier molecular flexibility index (Phi) is 5.60. The molecule has 3 aromatic carbocycles. The summed E-state index contributed by atoms with van der Waals surface area (Å²) in [5.74, 6) is -2.22. The van der Waals surface area contributed by atoms with E-state index in [1.165, 1.54) is 11.8 Å². The Hall–Kier alpha value is -4.72. The Balaban J connectivity index is 1.40. The van der Waals surface area contributed by atoms with Crippen LogP contribution >= 0.6 is 0 Å². The first-order valence-corrected chi connectivity index (χ1v) is 12.4. The predicted octanol–water partition coefficient (Wildman–Crippen LogP) is 4.05. The van der Waals surface area contributed by atoms with E-state index in [1.807, 2.05) is 41.4 Å². The van der Waals surface area contributed by atoms with Crippen LogP contribution in [0.5, 0.6) is 5.75 Å². The zero-order valence-electron chi connectivity index (χ0n) is 20.8. The van der Waals surface area contributed by atoms with E-state index in [1.54, 1.807) is 55.6 Å². The summed E-state index contributed by atoms with van der Waals surface area (Å²) < 4.78 is 5.20. The van der Waals surface area contributed by atoms with Crippen LogP contribution in [0.1, 0.15) is 34.5 Å². The van der Waals surface area contributed by atoms with Gasteiger partial charge in [0.05, 0.1) is 30.7 Å². The van der Waals surface area contributed by atoms with Crippen LogP contribution < -0.4 is 15.0 Å². The fraction of sp³-hybridized carbons (Fsp3) is 0.200. The Labute approximate surface area is 219 Å². The zero-order chi connectivity index (χ0) is 26.6. The number of imide groups is 1. The minimum atomic E-state index is -0.894. The number of carbonyl (C=O) groups excluding carboxylic acids is 4. The van der Waals surface area contributed by atoms with Crippen molar-refractivity contribution in [1.82, 2.24) is 4.90 Å². The number of rotatable bonds is 5. The number of nitrogens with one attached hydrogen (secondary N) is 1. The van der Waals surface area contributed by atoms with E-state index in [4.69, 9.17) is 4.74 Å². The van der Waals surface area contributed by atoms with E-state index in [0.29, 0.717) is 22.7 Å². The number of carbonyl (C=O) groups is 4. The van der Waals surface area contributed by atoms with Gasteiger partial charge in [0.15, 0.2) is 5.78 Å². The van der Waals surface area contributed by atoms with Gasteiger partial charge in [-0.15, -0.1) is 0 Å². The van der Waals surface area contributed by atoms with Crippen LogP contribution in [0.25, 0.3) is 6.08 Å². The highest BCUT2D eigenvalue weighted by Crippen LogP contribution is 2.53. The van der Waals surface area contributed by atoms with Crippen LogP contribution in [0.3, 0.4) is 0 Å². The molecule has 0 unspecified atom stereocenters. The number of hydrogen-bond acceptors (Lipinski definition) is 6. The van der Waals surface area contributed by atoms with Crippen molar-refractivity contribution >= 4 is 41.0 Å². The van der Waals surface area contributed by atoms with Gasteiger partial charge >= 0.3 is 0 Å². The Morgan fingerprint density at radius 2 is 1.55 bits per heavy atom. The Bertz CT molecular complexity index is 1500. The van der Waals surface area contributed by atoms with E-state index in [-0.39, 0.29) is 17.6 Å². The minimum Gasteiger partial charge on any atom is -0.497 e. The third kappa shape index (κ3) is 3.60. The molecule has 3 aliphatic rings. The monoisotopic (exact) mass is 507 g/mol. The van der Waals surface area contributed by atoms with E-state index < -0.39 is 29.8 Å². The minimum absolute atomic E-state index is 0.107. The molecule has 3 aliphatic heterocycles. The number of methoxy groups -OCH3 is 1. The quantitative estimate of drug-likeness (QED) is 0.414. The first-order valence-electron chi connectivity index (χ1n) is 12.4. The lowest BCUT2D eigenvalue weighted by atomic mass is 9.84. The van der Waals surface area contributed by atoms with E-state index in [2.05, 4.69) is 5.32 Å². The van der Waals surface area contributed by atoms with Gasteiger partial charge in [-0.25, -0.2) is 4.90 Å². The number of anilines is 2. The van der Waals surface area contributed by atoms with Gasteiger partial charge in [0, 0.05) is 17.5 Å². The molecule has 38 heavy (non-hydrogen) atoms. The number of Topliss-reactive ketones (excluding diaryl/α,β-unsaturated/α-hetero) is 1. The number of hydrogen-bond donors (Lipinski definition) is 1. The van der Waals surface area contributed by atoms with Crippen LogP contribution in [-0.2, 0) is 14.4 Å². The van der Waals surface area contributed by atoms with E-state index in [9.17, 15) is 19.2 Å². The van der Waals surface area contributed by atoms with Gasteiger partial charge in [-0.05, 0) is 72.7 Å². The number of benzene rings is 3. The summed E-state index contributed by atoms with van der Waals surface area (Å²) in [5.41, 5.74) is 3.29. The number of amides is 3. The van der Waals surface area contributed by atoms with Gasteiger partial charge in [0.1, 0.15) is 11.8 Å². The van der Waals surface area contributed by atoms with Crippen LogP contribution in [0.2, 0.25) is 0 Å². The average molecular weight is 508 g/mol. The van der Waals surface area contributed by atoms with Gasteiger partial charge in [-0.3, -0.25) is 19.2 Å². The van der Waals surface area contributed by atoms with Crippen molar-refractivity contribution in [2.75, 3.05) is 17.3 Å². The van der Waals surface area contributed by atoms with Crippen molar-refractivity contribution in [3.05, 3.63) is 95.7 Å². The molecule has 0 bridgehead atoms. The number of nitrogens with zero attached hydrogens (tertiary/aromatic N) is 2. The highest BCUT2D eigenvalue weighted by molar-refractivity contribution is 6.24. The standard InChI is InChI=1S/C30H25N3O5/c1-17(34)18-7-11-21(12-8-18)33-29(36)24-25(30(33)37)27(28(35)31-20-9-13-22(38-2)14-10-20)32-16-15-19-5-3-4-6-23(19)26(24)32/h3-16,24-27H,1-2H3,(H,31,35)/t24-,25-,26-,27+/m1/s1. The van der Waals surface area contributed by atoms with Crippen molar-refractivity contribution in [1.29, 1.82) is 0 Å². The summed E-state index contributed by atoms with van der Waals surface area (Å²) in [6, 6.07) is 19.7. The SMILES string of the molecule is COc1ccc(NC(=O)[C@@H]2[C@@H]3C(=O)N(c4ccc(C(C)=O)cc4)C(=O)[C@H]3[C@H]3c4ccccc4C=CN23)cc1. The number of ketones is 1. The smallest absolute Gasteiger partial charge is 0.247 e. The van der Waals surface area contributed by atoms with Crippen molar-refractivity contribution < 1.29 is 23.9 Å². The van der Waals surface area contributed by atoms with Gasteiger partial charge in [0.25, 0.3) is 0 Å². The summed E-state index contributed by atoms with van der Waals surface area (Å²) in [6.45, 7) is 1.46. The molecule has 190 valence electrons. The third-order valence-corrected chi connectivity index (χ3v) is 7.62.